The Hall–Kier alpha value is -0.830. The Morgan fingerprint density at radius 3 is 2.11 bits per heavy atom. The second kappa shape index (κ2) is 10.1. The number of nitrogens with two attached hydrogens (primary N) is 1. The summed E-state index contributed by atoms with van der Waals surface area (Å²) in [5.41, 5.74) is 4.75. The van der Waals surface area contributed by atoms with Crippen molar-refractivity contribution in [3.8, 4) is 0 Å². The molecule has 106 valence electrons. The second-order valence-electron chi connectivity index (χ2n) is 5.18. The molecule has 3 heteroatoms. The van der Waals surface area contributed by atoms with Gasteiger partial charge < -0.3 is 10.8 Å². The van der Waals surface area contributed by atoms with Gasteiger partial charge in [-0.25, -0.2) is 0 Å². The Morgan fingerprint density at radius 2 is 1.67 bits per heavy atom. The molecule has 0 aliphatic carbocycles. The van der Waals surface area contributed by atoms with Crippen molar-refractivity contribution in [2.45, 2.75) is 76.7 Å². The van der Waals surface area contributed by atoms with Crippen LogP contribution in [0.25, 0.3) is 0 Å². The summed E-state index contributed by atoms with van der Waals surface area (Å²) in [5, 5.41) is 9.09. The molecular weight excluding hydrogens is 226 g/mol. The van der Waals surface area contributed by atoms with Crippen LogP contribution in [0.2, 0.25) is 0 Å². The molecule has 0 saturated carbocycles. The molecule has 1 unspecified atom stereocenters. The molecule has 18 heavy (non-hydrogen) atoms. The largest absolute Gasteiger partial charge is 0.480 e. The maximum Gasteiger partial charge on any atom is 0.323 e. The molecule has 0 rings (SSSR count). The highest BCUT2D eigenvalue weighted by Crippen LogP contribution is 2.18. The van der Waals surface area contributed by atoms with E-state index in [4.69, 9.17) is 10.8 Å². The molecular formula is C15H29NO2. The zero-order chi connectivity index (χ0) is 13.9. The van der Waals surface area contributed by atoms with Crippen LogP contribution in [0, 0.1) is 0 Å². The van der Waals surface area contributed by atoms with E-state index in [1.54, 1.807) is 6.08 Å². The summed E-state index contributed by atoms with van der Waals surface area (Å²) in [6, 6.07) is 0. The summed E-state index contributed by atoms with van der Waals surface area (Å²) < 4.78 is 0. The van der Waals surface area contributed by atoms with Crippen LogP contribution in [-0.4, -0.2) is 16.6 Å². The molecule has 0 heterocycles. The van der Waals surface area contributed by atoms with E-state index >= 15 is 0 Å². The number of carboxylic acids is 1. The van der Waals surface area contributed by atoms with Crippen molar-refractivity contribution in [1.29, 1.82) is 0 Å². The quantitative estimate of drug-likeness (QED) is 0.411. The lowest BCUT2D eigenvalue weighted by atomic mass is 9.89. The number of rotatable bonds is 12. The minimum Gasteiger partial charge on any atom is -0.480 e. The standard InChI is InChI=1S/C15H29NO2/c1-3-5-6-7-8-9-10-11-13-15(16,12-4-2)14(17)18/h4H,2-3,5-13,16H2,1H3,(H,17,18). The lowest BCUT2D eigenvalue weighted by molar-refractivity contribution is -0.143. The number of carbonyl (C=O) groups is 1. The number of hydrogen-bond donors (Lipinski definition) is 2. The fourth-order valence-corrected chi connectivity index (χ4v) is 2.13. The minimum absolute atomic E-state index is 0.346. The summed E-state index contributed by atoms with van der Waals surface area (Å²) in [6.07, 6.45) is 12.1. The molecule has 1 atom stereocenters. The number of hydrogen-bond acceptors (Lipinski definition) is 2. The smallest absolute Gasteiger partial charge is 0.323 e. The first-order valence-electron chi connectivity index (χ1n) is 7.20. The van der Waals surface area contributed by atoms with Gasteiger partial charge in [-0.15, -0.1) is 6.58 Å². The topological polar surface area (TPSA) is 63.3 Å². The zero-order valence-electron chi connectivity index (χ0n) is 11.8. The monoisotopic (exact) mass is 255 g/mol. The van der Waals surface area contributed by atoms with E-state index in [0.717, 1.165) is 12.8 Å². The fraction of sp³-hybridized carbons (Fsp3) is 0.800. The van der Waals surface area contributed by atoms with Crippen LogP contribution in [-0.2, 0) is 4.79 Å². The maximum atomic E-state index is 11.1. The molecule has 3 N–H and O–H groups in total. The van der Waals surface area contributed by atoms with E-state index in [1.165, 1.54) is 38.5 Å². The van der Waals surface area contributed by atoms with Gasteiger partial charge in [0.15, 0.2) is 0 Å². The van der Waals surface area contributed by atoms with Gasteiger partial charge in [-0.2, -0.15) is 0 Å². The van der Waals surface area contributed by atoms with Gasteiger partial charge in [-0.1, -0.05) is 64.4 Å². The van der Waals surface area contributed by atoms with Crippen molar-refractivity contribution >= 4 is 5.97 Å². The maximum absolute atomic E-state index is 11.1. The average Bonchev–Trinajstić information content (AvgIpc) is 2.33. The molecule has 0 saturated heterocycles. The normalized spacial score (nSPS) is 14.1. The van der Waals surface area contributed by atoms with Crippen molar-refractivity contribution in [2.24, 2.45) is 5.73 Å². The minimum atomic E-state index is -1.11. The average molecular weight is 255 g/mol. The molecule has 0 aliphatic rings. The van der Waals surface area contributed by atoms with Gasteiger partial charge in [0.2, 0.25) is 0 Å². The van der Waals surface area contributed by atoms with E-state index in [-0.39, 0.29) is 0 Å². The second-order valence-corrected chi connectivity index (χ2v) is 5.18. The zero-order valence-corrected chi connectivity index (χ0v) is 11.8. The van der Waals surface area contributed by atoms with E-state index in [9.17, 15) is 4.79 Å². The first-order valence-corrected chi connectivity index (χ1v) is 7.20. The first kappa shape index (κ1) is 17.2. The molecule has 0 fully saturated rings. The van der Waals surface area contributed by atoms with Gasteiger partial charge in [-0.3, -0.25) is 4.79 Å². The Morgan fingerprint density at radius 1 is 1.17 bits per heavy atom. The Bertz CT molecular complexity index is 241. The Labute approximate surface area is 111 Å². The van der Waals surface area contributed by atoms with Crippen molar-refractivity contribution in [1.82, 2.24) is 0 Å². The number of unbranched alkanes of at least 4 members (excludes halogenated alkanes) is 7. The van der Waals surface area contributed by atoms with Crippen molar-refractivity contribution < 1.29 is 9.90 Å². The van der Waals surface area contributed by atoms with Crippen LogP contribution in [0.3, 0.4) is 0 Å². The van der Waals surface area contributed by atoms with Crippen molar-refractivity contribution in [3.63, 3.8) is 0 Å². The van der Waals surface area contributed by atoms with Crippen LogP contribution in [0.15, 0.2) is 12.7 Å². The van der Waals surface area contributed by atoms with Gasteiger partial charge in [-0.05, 0) is 12.8 Å². The van der Waals surface area contributed by atoms with Gasteiger partial charge >= 0.3 is 5.97 Å². The molecule has 0 spiro atoms. The molecule has 0 bridgehead atoms. The van der Waals surface area contributed by atoms with Gasteiger partial charge in [0, 0.05) is 0 Å². The van der Waals surface area contributed by atoms with E-state index in [1.807, 2.05) is 0 Å². The van der Waals surface area contributed by atoms with Gasteiger partial charge in [0.1, 0.15) is 5.54 Å². The van der Waals surface area contributed by atoms with Gasteiger partial charge in [0.05, 0.1) is 0 Å². The van der Waals surface area contributed by atoms with Crippen molar-refractivity contribution in [3.05, 3.63) is 12.7 Å². The predicted octanol–water partition coefficient (Wildman–Crippen LogP) is 3.88. The molecule has 0 amide bonds. The summed E-state index contributed by atoms with van der Waals surface area (Å²) in [6.45, 7) is 5.79. The lowest BCUT2D eigenvalue weighted by Crippen LogP contribution is -2.47. The third-order valence-corrected chi connectivity index (χ3v) is 3.41. The summed E-state index contributed by atoms with van der Waals surface area (Å²) in [4.78, 5) is 11.1. The highest BCUT2D eigenvalue weighted by molar-refractivity contribution is 5.78. The number of aliphatic carboxylic acids is 1. The van der Waals surface area contributed by atoms with Gasteiger partial charge in [0.25, 0.3) is 0 Å². The Kier molecular flexibility index (Phi) is 9.66. The van der Waals surface area contributed by atoms with E-state index in [0.29, 0.717) is 12.8 Å². The van der Waals surface area contributed by atoms with E-state index in [2.05, 4.69) is 13.5 Å². The lowest BCUT2D eigenvalue weighted by Gasteiger charge is -2.22. The first-order chi connectivity index (χ1) is 8.56. The summed E-state index contributed by atoms with van der Waals surface area (Å²) in [7, 11) is 0. The Balaban J connectivity index is 3.62. The number of carboxylic acid groups (broad SMARTS) is 1. The van der Waals surface area contributed by atoms with Crippen LogP contribution >= 0.6 is 0 Å². The fourth-order valence-electron chi connectivity index (χ4n) is 2.13. The van der Waals surface area contributed by atoms with Crippen LogP contribution < -0.4 is 5.73 Å². The van der Waals surface area contributed by atoms with E-state index < -0.39 is 11.5 Å². The molecule has 0 radical (unpaired) electrons. The molecule has 0 aromatic heterocycles. The highest BCUT2D eigenvalue weighted by Gasteiger charge is 2.31. The molecule has 0 aliphatic heterocycles. The van der Waals surface area contributed by atoms with Crippen LogP contribution in [0.1, 0.15) is 71.1 Å². The van der Waals surface area contributed by atoms with Crippen LogP contribution in [0.5, 0.6) is 0 Å². The SMILES string of the molecule is C=CCC(N)(CCCCCCCCCC)C(=O)O. The highest BCUT2D eigenvalue weighted by atomic mass is 16.4. The summed E-state index contributed by atoms with van der Waals surface area (Å²) in [5.74, 6) is -0.912. The predicted molar refractivity (Wildman–Crippen MR) is 76.6 cm³/mol. The molecule has 0 aromatic rings. The summed E-state index contributed by atoms with van der Waals surface area (Å²) >= 11 is 0. The third-order valence-electron chi connectivity index (χ3n) is 3.41. The third kappa shape index (κ3) is 7.49. The molecule has 3 nitrogen and oxygen atoms in total. The van der Waals surface area contributed by atoms with Crippen LogP contribution in [0.4, 0.5) is 0 Å². The van der Waals surface area contributed by atoms with Crippen molar-refractivity contribution in [2.75, 3.05) is 0 Å². The molecule has 0 aromatic carbocycles.